The average molecular weight is 368 g/mol. The minimum Gasteiger partial charge on any atom is -0.490 e. The third kappa shape index (κ3) is 4.42. The third-order valence-corrected chi connectivity index (χ3v) is 5.15. The van der Waals surface area contributed by atoms with Gasteiger partial charge in [-0.15, -0.1) is 0 Å². The van der Waals surface area contributed by atoms with Crippen molar-refractivity contribution in [3.8, 4) is 5.75 Å². The van der Waals surface area contributed by atoms with Gasteiger partial charge >= 0.3 is 0 Å². The Morgan fingerprint density at radius 3 is 2.44 bits per heavy atom. The normalized spacial score (nSPS) is 14.3. The molecule has 0 bridgehead atoms. The largest absolute Gasteiger partial charge is 0.490 e. The number of carbonyl (C=O) groups is 1. The predicted molar refractivity (Wildman–Crippen MR) is 108 cm³/mol. The molecule has 0 saturated carbocycles. The Labute approximate surface area is 161 Å². The molecule has 1 aliphatic heterocycles. The Balaban J connectivity index is 1.66. The standard InChI is InChI=1S/C22H28N2O3/c1-17-7-6-9-20(18(17)2)23-11-13-24(14-12-23)22(25)19-8-4-5-10-21(19)27-16-15-26-3/h4-10H,11-16H2,1-3H3. The number of carbonyl (C=O) groups excluding carboxylic acids is 1. The minimum absolute atomic E-state index is 0.0311. The van der Waals surface area contributed by atoms with Gasteiger partial charge in [-0.05, 0) is 43.2 Å². The number of aryl methyl sites for hydroxylation is 1. The van der Waals surface area contributed by atoms with Gasteiger partial charge in [0.2, 0.25) is 0 Å². The number of methoxy groups -OCH3 is 1. The molecule has 144 valence electrons. The first-order valence-corrected chi connectivity index (χ1v) is 9.43. The van der Waals surface area contributed by atoms with Crippen LogP contribution < -0.4 is 9.64 Å². The molecule has 1 fully saturated rings. The molecule has 1 amide bonds. The molecule has 0 radical (unpaired) electrons. The summed E-state index contributed by atoms with van der Waals surface area (Å²) in [5.41, 5.74) is 4.50. The van der Waals surface area contributed by atoms with Gasteiger partial charge in [0.05, 0.1) is 12.2 Å². The molecule has 1 aliphatic rings. The topological polar surface area (TPSA) is 42.0 Å². The van der Waals surface area contributed by atoms with Crippen LogP contribution in [0.5, 0.6) is 5.75 Å². The Morgan fingerprint density at radius 1 is 0.963 bits per heavy atom. The van der Waals surface area contributed by atoms with Gasteiger partial charge in [-0.3, -0.25) is 4.79 Å². The molecule has 0 aliphatic carbocycles. The van der Waals surface area contributed by atoms with Crippen molar-refractivity contribution in [2.24, 2.45) is 0 Å². The summed E-state index contributed by atoms with van der Waals surface area (Å²) in [4.78, 5) is 17.3. The molecular weight excluding hydrogens is 340 g/mol. The number of nitrogens with zero attached hydrogens (tertiary/aromatic N) is 2. The van der Waals surface area contributed by atoms with Crippen molar-refractivity contribution in [2.75, 3.05) is 51.4 Å². The number of piperazine rings is 1. The number of rotatable bonds is 6. The molecule has 0 N–H and O–H groups in total. The molecule has 2 aromatic rings. The van der Waals surface area contributed by atoms with Crippen molar-refractivity contribution in [3.63, 3.8) is 0 Å². The fourth-order valence-corrected chi connectivity index (χ4v) is 3.40. The molecular formula is C22H28N2O3. The summed E-state index contributed by atoms with van der Waals surface area (Å²) in [6.45, 7) is 8.32. The van der Waals surface area contributed by atoms with E-state index in [1.807, 2.05) is 29.2 Å². The maximum absolute atomic E-state index is 13.0. The number of ether oxygens (including phenoxy) is 2. The van der Waals surface area contributed by atoms with Crippen molar-refractivity contribution in [1.82, 2.24) is 4.90 Å². The van der Waals surface area contributed by atoms with Crippen molar-refractivity contribution < 1.29 is 14.3 Å². The molecule has 27 heavy (non-hydrogen) atoms. The second kappa shape index (κ2) is 8.91. The summed E-state index contributed by atoms with van der Waals surface area (Å²) >= 11 is 0. The lowest BCUT2D eigenvalue weighted by atomic mass is 10.1. The van der Waals surface area contributed by atoms with Crippen molar-refractivity contribution in [3.05, 3.63) is 59.2 Å². The second-order valence-electron chi connectivity index (χ2n) is 6.84. The Kier molecular flexibility index (Phi) is 6.35. The molecule has 1 heterocycles. The molecule has 5 nitrogen and oxygen atoms in total. The lowest BCUT2D eigenvalue weighted by Crippen LogP contribution is -2.49. The highest BCUT2D eigenvalue weighted by Crippen LogP contribution is 2.25. The van der Waals surface area contributed by atoms with Gasteiger partial charge in [-0.1, -0.05) is 24.3 Å². The number of anilines is 1. The van der Waals surface area contributed by atoms with Gasteiger partial charge in [0.15, 0.2) is 0 Å². The molecule has 1 saturated heterocycles. The Bertz CT molecular complexity index is 783. The molecule has 0 unspecified atom stereocenters. The van der Waals surface area contributed by atoms with Crippen LogP contribution >= 0.6 is 0 Å². The van der Waals surface area contributed by atoms with Crippen LogP contribution in [0.15, 0.2) is 42.5 Å². The van der Waals surface area contributed by atoms with Crippen LogP contribution in [0.25, 0.3) is 0 Å². The summed E-state index contributed by atoms with van der Waals surface area (Å²) < 4.78 is 10.8. The summed E-state index contributed by atoms with van der Waals surface area (Å²) in [7, 11) is 1.63. The fraction of sp³-hybridized carbons (Fsp3) is 0.409. The smallest absolute Gasteiger partial charge is 0.257 e. The number of benzene rings is 2. The van der Waals surface area contributed by atoms with Gasteiger partial charge < -0.3 is 19.3 Å². The predicted octanol–water partition coefficient (Wildman–Crippen LogP) is 3.29. The van der Waals surface area contributed by atoms with E-state index in [1.54, 1.807) is 7.11 Å². The Hall–Kier alpha value is -2.53. The number of amides is 1. The molecule has 0 aromatic heterocycles. The van der Waals surface area contributed by atoms with E-state index in [9.17, 15) is 4.79 Å². The van der Waals surface area contributed by atoms with Crippen molar-refractivity contribution in [1.29, 1.82) is 0 Å². The van der Waals surface area contributed by atoms with Crippen LogP contribution in [-0.2, 0) is 4.74 Å². The highest BCUT2D eigenvalue weighted by Gasteiger charge is 2.25. The SMILES string of the molecule is COCCOc1ccccc1C(=O)N1CCN(c2cccc(C)c2C)CC1. The monoisotopic (exact) mass is 368 g/mol. The van der Waals surface area contributed by atoms with E-state index >= 15 is 0 Å². The summed E-state index contributed by atoms with van der Waals surface area (Å²) in [5, 5.41) is 0. The first-order chi connectivity index (χ1) is 13.1. The summed E-state index contributed by atoms with van der Waals surface area (Å²) in [5.74, 6) is 0.653. The van der Waals surface area contributed by atoms with Crippen LogP contribution in [0.1, 0.15) is 21.5 Å². The highest BCUT2D eigenvalue weighted by atomic mass is 16.5. The van der Waals surface area contributed by atoms with E-state index < -0.39 is 0 Å². The van der Waals surface area contributed by atoms with Gasteiger partial charge in [-0.2, -0.15) is 0 Å². The number of hydrogen-bond donors (Lipinski definition) is 0. The highest BCUT2D eigenvalue weighted by molar-refractivity contribution is 5.97. The van der Waals surface area contributed by atoms with Crippen LogP contribution in [-0.4, -0.2) is 57.3 Å². The number of hydrogen-bond acceptors (Lipinski definition) is 4. The molecule has 5 heteroatoms. The first-order valence-electron chi connectivity index (χ1n) is 9.43. The molecule has 0 spiro atoms. The lowest BCUT2D eigenvalue weighted by molar-refractivity contribution is 0.0739. The number of para-hydroxylation sites is 1. The third-order valence-electron chi connectivity index (χ3n) is 5.15. The quantitative estimate of drug-likeness (QED) is 0.734. The van der Waals surface area contributed by atoms with Gasteiger partial charge in [-0.25, -0.2) is 0 Å². The van der Waals surface area contributed by atoms with Crippen molar-refractivity contribution >= 4 is 11.6 Å². The van der Waals surface area contributed by atoms with Crippen LogP contribution in [0.4, 0.5) is 5.69 Å². The van der Waals surface area contributed by atoms with E-state index in [-0.39, 0.29) is 5.91 Å². The van der Waals surface area contributed by atoms with Crippen molar-refractivity contribution in [2.45, 2.75) is 13.8 Å². The van der Waals surface area contributed by atoms with E-state index in [1.165, 1.54) is 16.8 Å². The van der Waals surface area contributed by atoms with Gasteiger partial charge in [0.1, 0.15) is 12.4 Å². The second-order valence-corrected chi connectivity index (χ2v) is 6.84. The van der Waals surface area contributed by atoms with E-state index in [4.69, 9.17) is 9.47 Å². The van der Waals surface area contributed by atoms with E-state index in [0.29, 0.717) is 37.6 Å². The van der Waals surface area contributed by atoms with Crippen LogP contribution in [0.3, 0.4) is 0 Å². The lowest BCUT2D eigenvalue weighted by Gasteiger charge is -2.37. The molecule has 2 aromatic carbocycles. The van der Waals surface area contributed by atoms with Crippen LogP contribution in [0.2, 0.25) is 0 Å². The fourth-order valence-electron chi connectivity index (χ4n) is 3.40. The zero-order valence-electron chi connectivity index (χ0n) is 16.4. The zero-order chi connectivity index (χ0) is 19.2. The maximum Gasteiger partial charge on any atom is 0.257 e. The first kappa shape index (κ1) is 19.2. The van der Waals surface area contributed by atoms with E-state index in [0.717, 1.165) is 13.1 Å². The average Bonchev–Trinajstić information content (AvgIpc) is 2.70. The van der Waals surface area contributed by atoms with Crippen LogP contribution in [0, 0.1) is 13.8 Å². The van der Waals surface area contributed by atoms with Gasteiger partial charge in [0.25, 0.3) is 5.91 Å². The van der Waals surface area contributed by atoms with Gasteiger partial charge in [0, 0.05) is 39.0 Å². The minimum atomic E-state index is 0.0311. The zero-order valence-corrected chi connectivity index (χ0v) is 16.4. The van der Waals surface area contributed by atoms with E-state index in [2.05, 4.69) is 36.9 Å². The summed E-state index contributed by atoms with van der Waals surface area (Å²) in [6.07, 6.45) is 0. The maximum atomic E-state index is 13.0. The summed E-state index contributed by atoms with van der Waals surface area (Å²) in [6, 6.07) is 13.8. The Morgan fingerprint density at radius 2 is 1.70 bits per heavy atom. The molecule has 0 atom stereocenters. The molecule has 3 rings (SSSR count).